The second-order valence-corrected chi connectivity index (χ2v) is 6.96. The Morgan fingerprint density at radius 2 is 2.04 bits per heavy atom. The summed E-state index contributed by atoms with van der Waals surface area (Å²) in [7, 11) is 0. The Bertz CT molecular complexity index is 956. The van der Waals surface area contributed by atoms with E-state index in [4.69, 9.17) is 4.74 Å². The van der Waals surface area contributed by atoms with Crippen LogP contribution in [0.4, 0.5) is 5.13 Å². The lowest BCUT2D eigenvalue weighted by Crippen LogP contribution is -2.41. The lowest BCUT2D eigenvalue weighted by Gasteiger charge is -2.25. The predicted molar refractivity (Wildman–Crippen MR) is 97.3 cm³/mol. The molecule has 0 spiro atoms. The van der Waals surface area contributed by atoms with Crippen molar-refractivity contribution in [1.82, 2.24) is 14.5 Å². The van der Waals surface area contributed by atoms with Crippen molar-refractivity contribution < 1.29 is 14.3 Å². The van der Waals surface area contributed by atoms with Crippen LogP contribution in [-0.4, -0.2) is 59.1 Å². The highest BCUT2D eigenvalue weighted by molar-refractivity contribution is 7.22. The summed E-state index contributed by atoms with van der Waals surface area (Å²) in [6.45, 7) is 4.68. The predicted octanol–water partition coefficient (Wildman–Crippen LogP) is 2.18. The van der Waals surface area contributed by atoms with Crippen LogP contribution in [-0.2, 0) is 9.53 Å². The van der Waals surface area contributed by atoms with Gasteiger partial charge in [-0.15, -0.1) is 0 Å². The van der Waals surface area contributed by atoms with Crippen LogP contribution >= 0.6 is 11.3 Å². The number of benzene rings is 1. The summed E-state index contributed by atoms with van der Waals surface area (Å²) < 4.78 is 6.94. The quantitative estimate of drug-likeness (QED) is 0.777. The maximum absolute atomic E-state index is 12.3. The van der Waals surface area contributed by atoms with Crippen LogP contribution in [0.1, 0.15) is 11.7 Å². The molecule has 0 atom stereocenters. The summed E-state index contributed by atoms with van der Waals surface area (Å²) in [5.41, 5.74) is 1.59. The van der Waals surface area contributed by atoms with E-state index in [0.29, 0.717) is 24.9 Å². The first-order valence-corrected chi connectivity index (χ1v) is 8.96. The highest BCUT2D eigenvalue weighted by Gasteiger charge is 2.20. The van der Waals surface area contributed by atoms with Crippen molar-refractivity contribution in [3.63, 3.8) is 0 Å². The largest absolute Gasteiger partial charge is 0.379 e. The standard InChI is InChI=1S/C17H18N4O3S/c1-11(22)21-13-5-3-2-4-12(13)15-16(21)25-17(19-15)18-14(23)10-20-6-8-24-9-7-20/h2-5H,6-10H2,1H3,(H,18,19,23). The number of para-hydroxylation sites is 1. The van der Waals surface area contributed by atoms with Gasteiger partial charge in [0.25, 0.3) is 0 Å². The molecule has 25 heavy (non-hydrogen) atoms. The third-order valence-electron chi connectivity index (χ3n) is 4.24. The Kier molecular flexibility index (Phi) is 4.24. The van der Waals surface area contributed by atoms with Crippen molar-refractivity contribution in [2.24, 2.45) is 0 Å². The number of morpholine rings is 1. The van der Waals surface area contributed by atoms with E-state index in [1.54, 1.807) is 4.57 Å². The molecule has 0 radical (unpaired) electrons. The number of ether oxygens (including phenoxy) is 1. The molecule has 0 aliphatic carbocycles. The molecule has 1 aromatic carbocycles. The summed E-state index contributed by atoms with van der Waals surface area (Å²) >= 11 is 1.32. The number of amides is 1. The van der Waals surface area contributed by atoms with Gasteiger partial charge in [0.05, 0.1) is 25.3 Å². The van der Waals surface area contributed by atoms with E-state index >= 15 is 0 Å². The molecule has 1 fully saturated rings. The van der Waals surface area contributed by atoms with Crippen molar-refractivity contribution in [2.45, 2.75) is 6.92 Å². The highest BCUT2D eigenvalue weighted by atomic mass is 32.1. The van der Waals surface area contributed by atoms with Crippen molar-refractivity contribution in [1.29, 1.82) is 0 Å². The van der Waals surface area contributed by atoms with Gasteiger partial charge in [-0.1, -0.05) is 29.5 Å². The number of rotatable bonds is 3. The van der Waals surface area contributed by atoms with Crippen LogP contribution in [0.5, 0.6) is 0 Å². The molecule has 1 saturated heterocycles. The molecule has 3 aromatic rings. The van der Waals surface area contributed by atoms with Crippen LogP contribution in [0.25, 0.3) is 21.3 Å². The van der Waals surface area contributed by atoms with E-state index in [-0.39, 0.29) is 11.8 Å². The normalized spacial score (nSPS) is 15.7. The van der Waals surface area contributed by atoms with E-state index < -0.39 is 0 Å². The maximum Gasteiger partial charge on any atom is 0.240 e. The number of anilines is 1. The summed E-state index contributed by atoms with van der Waals surface area (Å²) in [5, 5.41) is 4.29. The van der Waals surface area contributed by atoms with Gasteiger partial charge in [0.15, 0.2) is 5.13 Å². The summed E-state index contributed by atoms with van der Waals surface area (Å²) in [5.74, 6) is -0.168. The van der Waals surface area contributed by atoms with E-state index in [2.05, 4.69) is 15.2 Å². The van der Waals surface area contributed by atoms with Crippen molar-refractivity contribution >= 4 is 49.5 Å². The van der Waals surface area contributed by atoms with E-state index in [9.17, 15) is 9.59 Å². The molecule has 0 unspecified atom stereocenters. The summed E-state index contributed by atoms with van der Waals surface area (Å²) in [6.07, 6.45) is 0. The van der Waals surface area contributed by atoms with E-state index in [0.717, 1.165) is 34.3 Å². The molecule has 1 aliphatic heterocycles. The van der Waals surface area contributed by atoms with Gasteiger partial charge in [0, 0.05) is 25.4 Å². The average Bonchev–Trinajstić information content (AvgIpc) is 3.11. The van der Waals surface area contributed by atoms with Crippen LogP contribution in [0.2, 0.25) is 0 Å². The average molecular weight is 358 g/mol. The number of aromatic nitrogens is 2. The number of hydrogen-bond donors (Lipinski definition) is 1. The smallest absolute Gasteiger partial charge is 0.240 e. The van der Waals surface area contributed by atoms with Gasteiger partial charge in [-0.05, 0) is 6.07 Å². The zero-order valence-corrected chi connectivity index (χ0v) is 14.6. The lowest BCUT2D eigenvalue weighted by molar-refractivity contribution is -0.118. The highest BCUT2D eigenvalue weighted by Crippen LogP contribution is 2.34. The number of thiazole rings is 1. The molecule has 4 rings (SSSR count). The Morgan fingerprint density at radius 3 is 2.80 bits per heavy atom. The molecule has 0 saturated carbocycles. The first-order chi connectivity index (χ1) is 12.1. The van der Waals surface area contributed by atoms with Gasteiger partial charge in [-0.2, -0.15) is 0 Å². The molecule has 1 aliphatic rings. The first kappa shape index (κ1) is 16.2. The minimum Gasteiger partial charge on any atom is -0.379 e. The summed E-state index contributed by atoms with van der Waals surface area (Å²) in [4.78, 5) is 31.7. The third-order valence-corrected chi connectivity index (χ3v) is 5.20. The molecule has 130 valence electrons. The number of nitrogens with zero attached hydrogens (tertiary/aromatic N) is 3. The topological polar surface area (TPSA) is 76.5 Å². The van der Waals surface area contributed by atoms with Gasteiger partial charge in [-0.3, -0.25) is 19.1 Å². The lowest BCUT2D eigenvalue weighted by atomic mass is 10.2. The van der Waals surface area contributed by atoms with E-state index in [1.165, 1.54) is 18.3 Å². The molecule has 1 N–H and O–H groups in total. The second-order valence-electron chi connectivity index (χ2n) is 5.98. The molecular formula is C17H18N4O3S. The first-order valence-electron chi connectivity index (χ1n) is 8.14. The molecular weight excluding hydrogens is 340 g/mol. The molecule has 0 bridgehead atoms. The fraction of sp³-hybridized carbons (Fsp3) is 0.353. The summed E-state index contributed by atoms with van der Waals surface area (Å²) in [6, 6.07) is 7.66. The van der Waals surface area contributed by atoms with Crippen LogP contribution in [0.3, 0.4) is 0 Å². The fourth-order valence-electron chi connectivity index (χ4n) is 3.10. The van der Waals surface area contributed by atoms with Crippen molar-refractivity contribution in [3.05, 3.63) is 24.3 Å². The second kappa shape index (κ2) is 6.55. The molecule has 3 heterocycles. The Morgan fingerprint density at radius 1 is 1.28 bits per heavy atom. The molecule has 7 nitrogen and oxygen atoms in total. The molecule has 1 amide bonds. The van der Waals surface area contributed by atoms with Crippen LogP contribution in [0.15, 0.2) is 24.3 Å². The number of nitrogens with one attached hydrogen (secondary N) is 1. The van der Waals surface area contributed by atoms with Gasteiger partial charge >= 0.3 is 0 Å². The zero-order chi connectivity index (χ0) is 17.4. The third kappa shape index (κ3) is 3.04. The van der Waals surface area contributed by atoms with Gasteiger partial charge in [0.1, 0.15) is 10.3 Å². The zero-order valence-electron chi connectivity index (χ0n) is 13.8. The Hall–Kier alpha value is -2.29. The fourth-order valence-corrected chi connectivity index (χ4v) is 4.16. The van der Waals surface area contributed by atoms with Gasteiger partial charge < -0.3 is 10.1 Å². The minimum absolute atomic E-state index is 0.0685. The monoisotopic (exact) mass is 358 g/mol. The Balaban J connectivity index is 1.62. The number of fused-ring (bicyclic) bond motifs is 3. The Labute approximate surface area is 148 Å². The SMILES string of the molecule is CC(=O)n1c2ccccc2c2nc(NC(=O)CN3CCOCC3)sc21. The maximum atomic E-state index is 12.3. The van der Waals surface area contributed by atoms with Crippen molar-refractivity contribution in [2.75, 3.05) is 38.2 Å². The van der Waals surface area contributed by atoms with Crippen molar-refractivity contribution in [3.8, 4) is 0 Å². The van der Waals surface area contributed by atoms with Crippen LogP contribution < -0.4 is 5.32 Å². The van der Waals surface area contributed by atoms with E-state index in [1.807, 2.05) is 24.3 Å². The number of hydrogen-bond acceptors (Lipinski definition) is 6. The molecule has 8 heteroatoms. The number of carbonyl (C=O) groups excluding carboxylic acids is 2. The van der Waals surface area contributed by atoms with Gasteiger partial charge in [-0.25, -0.2) is 4.98 Å². The van der Waals surface area contributed by atoms with Crippen LogP contribution in [0, 0.1) is 0 Å². The van der Waals surface area contributed by atoms with Gasteiger partial charge in [0.2, 0.25) is 11.8 Å². The molecule has 2 aromatic heterocycles. The minimum atomic E-state index is -0.100. The number of carbonyl (C=O) groups is 2.